The number of hydrogen-bond acceptors (Lipinski definition) is 5. The molecule has 0 atom stereocenters. The first-order valence-corrected chi connectivity index (χ1v) is 8.65. The average Bonchev–Trinajstić information content (AvgIpc) is 2.62. The lowest BCUT2D eigenvalue weighted by Gasteiger charge is -2.15. The number of methoxy groups -OCH3 is 3. The first kappa shape index (κ1) is 19.3. The average molecular weight is 472 g/mol. The van der Waals surface area contributed by atoms with Gasteiger partial charge in [-0.05, 0) is 59.1 Å². The Morgan fingerprint density at radius 2 is 1.64 bits per heavy atom. The molecule has 0 saturated carbocycles. The summed E-state index contributed by atoms with van der Waals surface area (Å²) >= 11 is 7.39. The quantitative estimate of drug-likeness (QED) is 0.514. The molecular formula is C17H17IN2O4S. The molecule has 0 saturated heterocycles. The van der Waals surface area contributed by atoms with Gasteiger partial charge in [-0.1, -0.05) is 12.1 Å². The molecule has 1 amide bonds. The van der Waals surface area contributed by atoms with Gasteiger partial charge in [-0.3, -0.25) is 10.1 Å². The fourth-order valence-corrected chi connectivity index (χ4v) is 2.83. The molecule has 8 heteroatoms. The van der Waals surface area contributed by atoms with E-state index in [1.165, 1.54) is 21.3 Å². The number of anilines is 1. The second kappa shape index (κ2) is 8.86. The number of amides is 1. The van der Waals surface area contributed by atoms with Gasteiger partial charge in [0.05, 0.1) is 27.0 Å². The van der Waals surface area contributed by atoms with E-state index in [1.807, 2.05) is 24.3 Å². The monoisotopic (exact) mass is 472 g/mol. The van der Waals surface area contributed by atoms with Crippen LogP contribution in [-0.4, -0.2) is 32.3 Å². The molecule has 0 unspecified atom stereocenters. The number of nitrogens with one attached hydrogen (secondary N) is 2. The van der Waals surface area contributed by atoms with Gasteiger partial charge in [-0.25, -0.2) is 0 Å². The Labute approximate surface area is 165 Å². The van der Waals surface area contributed by atoms with Crippen molar-refractivity contribution in [3.05, 3.63) is 45.5 Å². The Bertz CT molecular complexity index is 773. The lowest BCUT2D eigenvalue weighted by atomic mass is 10.1. The molecular weight excluding hydrogens is 455 g/mol. The van der Waals surface area contributed by atoms with Crippen molar-refractivity contribution in [3.8, 4) is 17.2 Å². The zero-order valence-corrected chi connectivity index (χ0v) is 16.9. The fourth-order valence-electron chi connectivity index (χ4n) is 2.10. The Balaban J connectivity index is 2.17. The molecule has 0 aliphatic rings. The van der Waals surface area contributed by atoms with Gasteiger partial charge >= 0.3 is 0 Å². The molecule has 2 N–H and O–H groups in total. The first-order valence-electron chi connectivity index (χ1n) is 7.17. The topological polar surface area (TPSA) is 68.8 Å². The summed E-state index contributed by atoms with van der Waals surface area (Å²) < 4.78 is 16.7. The van der Waals surface area contributed by atoms with E-state index in [2.05, 4.69) is 33.2 Å². The molecule has 0 spiro atoms. The maximum atomic E-state index is 12.5. The van der Waals surface area contributed by atoms with E-state index >= 15 is 0 Å². The van der Waals surface area contributed by atoms with Crippen LogP contribution < -0.4 is 24.8 Å². The highest BCUT2D eigenvalue weighted by Crippen LogP contribution is 2.38. The van der Waals surface area contributed by atoms with Crippen molar-refractivity contribution in [2.45, 2.75) is 0 Å². The SMILES string of the molecule is COc1cc(C(=O)NC(=S)Nc2ccccc2I)cc(OC)c1OC. The highest BCUT2D eigenvalue weighted by molar-refractivity contribution is 14.1. The minimum atomic E-state index is -0.386. The zero-order valence-electron chi connectivity index (χ0n) is 13.9. The van der Waals surface area contributed by atoms with Gasteiger partial charge in [0.15, 0.2) is 16.6 Å². The van der Waals surface area contributed by atoms with Gasteiger partial charge < -0.3 is 19.5 Å². The van der Waals surface area contributed by atoms with Crippen LogP contribution in [0.25, 0.3) is 0 Å². The fraction of sp³-hybridized carbons (Fsp3) is 0.176. The molecule has 0 aromatic heterocycles. The summed E-state index contributed by atoms with van der Waals surface area (Å²) in [5.41, 5.74) is 1.15. The summed E-state index contributed by atoms with van der Waals surface area (Å²) in [6.07, 6.45) is 0. The lowest BCUT2D eigenvalue weighted by Crippen LogP contribution is -2.34. The molecule has 2 aromatic carbocycles. The summed E-state index contributed by atoms with van der Waals surface area (Å²) in [5, 5.41) is 5.83. The summed E-state index contributed by atoms with van der Waals surface area (Å²) in [5.74, 6) is 0.816. The number of carbonyl (C=O) groups excluding carboxylic acids is 1. The zero-order chi connectivity index (χ0) is 18.4. The van der Waals surface area contributed by atoms with Crippen LogP contribution in [0, 0.1) is 3.57 Å². The van der Waals surface area contributed by atoms with Crippen molar-refractivity contribution >= 4 is 51.5 Å². The highest BCUT2D eigenvalue weighted by Gasteiger charge is 2.17. The van der Waals surface area contributed by atoms with Crippen LogP contribution >= 0.6 is 34.8 Å². The maximum Gasteiger partial charge on any atom is 0.257 e. The van der Waals surface area contributed by atoms with E-state index in [0.29, 0.717) is 22.8 Å². The van der Waals surface area contributed by atoms with Crippen LogP contribution in [0.15, 0.2) is 36.4 Å². The third-order valence-electron chi connectivity index (χ3n) is 3.28. The van der Waals surface area contributed by atoms with Crippen molar-refractivity contribution in [2.24, 2.45) is 0 Å². The highest BCUT2D eigenvalue weighted by atomic mass is 127. The van der Waals surface area contributed by atoms with Crippen LogP contribution in [0.5, 0.6) is 17.2 Å². The minimum Gasteiger partial charge on any atom is -0.493 e. The normalized spacial score (nSPS) is 9.92. The predicted molar refractivity (Wildman–Crippen MR) is 109 cm³/mol. The standard InChI is InChI=1S/C17H17IN2O4S/c1-22-13-8-10(9-14(23-2)15(13)24-3)16(21)20-17(25)19-12-7-5-4-6-11(12)18/h4-9H,1-3H3,(H2,19,20,21,25). The van der Waals surface area contributed by atoms with Crippen molar-refractivity contribution in [3.63, 3.8) is 0 Å². The maximum absolute atomic E-state index is 12.5. The number of para-hydroxylation sites is 1. The van der Waals surface area contributed by atoms with Gasteiger partial charge in [0, 0.05) is 9.13 Å². The van der Waals surface area contributed by atoms with E-state index in [-0.39, 0.29) is 11.0 Å². The number of ether oxygens (including phenoxy) is 3. The molecule has 0 aliphatic carbocycles. The number of halogens is 1. The van der Waals surface area contributed by atoms with Crippen molar-refractivity contribution in [1.29, 1.82) is 0 Å². The number of thiocarbonyl (C=S) groups is 1. The van der Waals surface area contributed by atoms with Crippen LogP contribution in [-0.2, 0) is 0 Å². The second-order valence-electron chi connectivity index (χ2n) is 4.80. The smallest absolute Gasteiger partial charge is 0.257 e. The number of benzene rings is 2. The lowest BCUT2D eigenvalue weighted by molar-refractivity contribution is 0.0977. The Morgan fingerprint density at radius 3 is 2.16 bits per heavy atom. The molecule has 0 heterocycles. The molecule has 0 radical (unpaired) electrons. The Kier molecular flexibility index (Phi) is 6.82. The molecule has 132 valence electrons. The molecule has 0 bridgehead atoms. The van der Waals surface area contributed by atoms with E-state index in [9.17, 15) is 4.79 Å². The van der Waals surface area contributed by atoms with Crippen LogP contribution in [0.2, 0.25) is 0 Å². The van der Waals surface area contributed by atoms with Gasteiger partial charge in [0.1, 0.15) is 0 Å². The number of rotatable bonds is 5. The summed E-state index contributed by atoms with van der Waals surface area (Å²) in [6, 6.07) is 10.7. The Hall–Kier alpha value is -2.07. The molecule has 0 fully saturated rings. The minimum absolute atomic E-state index is 0.197. The molecule has 0 aliphatic heterocycles. The molecule has 2 rings (SSSR count). The third-order valence-corrected chi connectivity index (χ3v) is 4.42. The van der Waals surface area contributed by atoms with Crippen LogP contribution in [0.4, 0.5) is 5.69 Å². The Morgan fingerprint density at radius 1 is 1.04 bits per heavy atom. The molecule has 2 aromatic rings. The second-order valence-corrected chi connectivity index (χ2v) is 6.37. The molecule has 6 nitrogen and oxygen atoms in total. The van der Waals surface area contributed by atoms with Crippen LogP contribution in [0.1, 0.15) is 10.4 Å². The molecule has 25 heavy (non-hydrogen) atoms. The summed E-state index contributed by atoms with van der Waals surface area (Å²) in [7, 11) is 4.48. The summed E-state index contributed by atoms with van der Waals surface area (Å²) in [4.78, 5) is 12.5. The van der Waals surface area contributed by atoms with E-state index < -0.39 is 0 Å². The number of carbonyl (C=O) groups is 1. The van der Waals surface area contributed by atoms with Crippen molar-refractivity contribution < 1.29 is 19.0 Å². The number of hydrogen-bond donors (Lipinski definition) is 2. The van der Waals surface area contributed by atoms with Crippen molar-refractivity contribution in [2.75, 3.05) is 26.6 Å². The van der Waals surface area contributed by atoms with Gasteiger partial charge in [0.2, 0.25) is 5.75 Å². The van der Waals surface area contributed by atoms with E-state index in [1.54, 1.807) is 12.1 Å². The van der Waals surface area contributed by atoms with Gasteiger partial charge in [-0.2, -0.15) is 0 Å². The summed E-state index contributed by atoms with van der Waals surface area (Å²) in [6.45, 7) is 0. The van der Waals surface area contributed by atoms with Crippen LogP contribution in [0.3, 0.4) is 0 Å². The van der Waals surface area contributed by atoms with Gasteiger partial charge in [-0.15, -0.1) is 0 Å². The van der Waals surface area contributed by atoms with E-state index in [0.717, 1.165) is 9.26 Å². The third kappa shape index (κ3) is 4.73. The van der Waals surface area contributed by atoms with E-state index in [4.69, 9.17) is 26.4 Å². The van der Waals surface area contributed by atoms with Crippen molar-refractivity contribution in [1.82, 2.24) is 5.32 Å². The largest absolute Gasteiger partial charge is 0.493 e. The first-order chi connectivity index (χ1) is 12.0. The predicted octanol–water partition coefficient (Wildman–Crippen LogP) is 3.44. The van der Waals surface area contributed by atoms with Gasteiger partial charge in [0.25, 0.3) is 5.91 Å².